The molecule has 0 amide bonds. The van der Waals surface area contributed by atoms with Crippen molar-refractivity contribution in [1.29, 1.82) is 0 Å². The number of hydrogen-bond donors (Lipinski definition) is 1. The Balaban J connectivity index is 1.99. The highest BCUT2D eigenvalue weighted by molar-refractivity contribution is 7.92. The van der Waals surface area contributed by atoms with E-state index in [-0.39, 0.29) is 10.8 Å². The molecule has 21 heavy (non-hydrogen) atoms. The van der Waals surface area contributed by atoms with Gasteiger partial charge >= 0.3 is 5.97 Å². The fraction of sp³-hybridized carbons (Fsp3) is 0.500. The van der Waals surface area contributed by atoms with Crippen LogP contribution in [0.1, 0.15) is 19.3 Å². The maximum Gasteiger partial charge on any atom is 0.322 e. The van der Waals surface area contributed by atoms with Gasteiger partial charge in [0.2, 0.25) is 0 Å². The highest BCUT2D eigenvalue weighted by atomic mass is 32.2. The molecule has 1 heterocycles. The maximum atomic E-state index is 12.5. The zero-order valence-corrected chi connectivity index (χ0v) is 12.1. The summed E-state index contributed by atoms with van der Waals surface area (Å²) in [6.45, 7) is 0.959. The lowest BCUT2D eigenvalue weighted by molar-refractivity contribution is -0.136. The van der Waals surface area contributed by atoms with Gasteiger partial charge in [0, 0.05) is 12.5 Å². The predicted octanol–water partition coefficient (Wildman–Crippen LogP) is 1.48. The number of aliphatic carboxylic acids is 1. The van der Waals surface area contributed by atoms with Gasteiger partial charge in [-0.3, -0.25) is 4.79 Å². The molecule has 1 atom stereocenters. The molecule has 0 saturated heterocycles. The molecule has 114 valence electrons. The molecule has 1 aromatic rings. The van der Waals surface area contributed by atoms with E-state index in [9.17, 15) is 18.3 Å². The molecule has 1 unspecified atom stereocenters. The summed E-state index contributed by atoms with van der Waals surface area (Å²) in [5, 5.41) is 7.86. The fourth-order valence-electron chi connectivity index (χ4n) is 2.45. The molecule has 7 heteroatoms. The SMILES string of the molecule is O=C(O)C(C1CC1)S(=O)(=O)c1ccc2c(c1)OCCCO2. The van der Waals surface area contributed by atoms with Crippen LogP contribution in [0, 0.1) is 5.92 Å². The smallest absolute Gasteiger partial charge is 0.322 e. The number of fused-ring (bicyclic) bond motifs is 1. The van der Waals surface area contributed by atoms with Gasteiger partial charge in [0.1, 0.15) is 0 Å². The summed E-state index contributed by atoms with van der Waals surface area (Å²) in [6.07, 6.45) is 2.00. The van der Waals surface area contributed by atoms with Gasteiger partial charge in [-0.05, 0) is 30.9 Å². The lowest BCUT2D eigenvalue weighted by Crippen LogP contribution is -2.32. The molecule has 0 bridgehead atoms. The molecule has 2 aliphatic rings. The van der Waals surface area contributed by atoms with Gasteiger partial charge < -0.3 is 14.6 Å². The van der Waals surface area contributed by atoms with Crippen LogP contribution < -0.4 is 9.47 Å². The summed E-state index contributed by atoms with van der Waals surface area (Å²) in [6, 6.07) is 4.29. The topological polar surface area (TPSA) is 89.9 Å². The Hall–Kier alpha value is -1.76. The third kappa shape index (κ3) is 2.70. The maximum absolute atomic E-state index is 12.5. The van der Waals surface area contributed by atoms with Crippen molar-refractivity contribution in [2.45, 2.75) is 29.4 Å². The van der Waals surface area contributed by atoms with Crippen molar-refractivity contribution in [3.05, 3.63) is 18.2 Å². The summed E-state index contributed by atoms with van der Waals surface area (Å²) in [5.41, 5.74) is 0. The first-order chi connectivity index (χ1) is 10.00. The molecule has 1 aliphatic carbocycles. The standard InChI is InChI=1S/C14H16O6S/c15-14(16)13(9-2-3-9)21(17,18)10-4-5-11-12(8-10)20-7-1-6-19-11/h4-5,8-9,13H,1-3,6-7H2,(H,15,16). The summed E-state index contributed by atoms with van der Waals surface area (Å²) in [7, 11) is -3.92. The van der Waals surface area contributed by atoms with Crippen LogP contribution in [0.3, 0.4) is 0 Å². The van der Waals surface area contributed by atoms with Crippen LogP contribution in [0.25, 0.3) is 0 Å². The average molecular weight is 312 g/mol. The third-order valence-electron chi connectivity index (χ3n) is 3.68. The first-order valence-electron chi connectivity index (χ1n) is 6.86. The molecule has 0 spiro atoms. The van der Waals surface area contributed by atoms with E-state index in [1.54, 1.807) is 0 Å². The van der Waals surface area contributed by atoms with E-state index < -0.39 is 21.1 Å². The van der Waals surface area contributed by atoms with E-state index >= 15 is 0 Å². The minimum atomic E-state index is -3.92. The van der Waals surface area contributed by atoms with Crippen molar-refractivity contribution >= 4 is 15.8 Å². The quantitative estimate of drug-likeness (QED) is 0.906. The predicted molar refractivity (Wildman–Crippen MR) is 73.4 cm³/mol. The van der Waals surface area contributed by atoms with Crippen molar-refractivity contribution in [2.24, 2.45) is 5.92 Å². The minimum Gasteiger partial charge on any atom is -0.490 e. The molecule has 1 aromatic carbocycles. The number of benzene rings is 1. The van der Waals surface area contributed by atoms with Gasteiger partial charge in [-0.2, -0.15) is 0 Å². The van der Waals surface area contributed by atoms with Crippen LogP contribution in [0.2, 0.25) is 0 Å². The Morgan fingerprint density at radius 1 is 1.19 bits per heavy atom. The van der Waals surface area contributed by atoms with Gasteiger partial charge in [-0.1, -0.05) is 0 Å². The number of carbonyl (C=O) groups is 1. The molecular formula is C14H16O6S. The lowest BCUT2D eigenvalue weighted by Gasteiger charge is -2.14. The first-order valence-corrected chi connectivity index (χ1v) is 8.41. The van der Waals surface area contributed by atoms with Gasteiger partial charge in [-0.15, -0.1) is 0 Å². The summed E-state index contributed by atoms with van der Waals surface area (Å²) < 4.78 is 36.0. The van der Waals surface area contributed by atoms with E-state index in [0.29, 0.717) is 37.6 Å². The summed E-state index contributed by atoms with van der Waals surface area (Å²) in [5.74, 6) is -0.730. The van der Waals surface area contributed by atoms with E-state index in [4.69, 9.17) is 9.47 Å². The molecule has 1 fully saturated rings. The molecule has 1 saturated carbocycles. The lowest BCUT2D eigenvalue weighted by atomic mass is 10.3. The molecule has 0 radical (unpaired) electrons. The van der Waals surface area contributed by atoms with Crippen LogP contribution in [0.5, 0.6) is 11.5 Å². The Kier molecular flexibility index (Phi) is 3.52. The average Bonchev–Trinajstić information content (AvgIpc) is 3.23. The van der Waals surface area contributed by atoms with Crippen LogP contribution in [-0.4, -0.2) is 38.0 Å². The van der Waals surface area contributed by atoms with Gasteiger partial charge in [0.15, 0.2) is 26.6 Å². The second kappa shape index (κ2) is 5.22. The summed E-state index contributed by atoms with van der Waals surface area (Å²) in [4.78, 5) is 11.3. The number of carboxylic acid groups (broad SMARTS) is 1. The van der Waals surface area contributed by atoms with Crippen molar-refractivity contribution in [2.75, 3.05) is 13.2 Å². The van der Waals surface area contributed by atoms with Gasteiger partial charge in [0.25, 0.3) is 0 Å². The number of ether oxygens (including phenoxy) is 2. The van der Waals surface area contributed by atoms with E-state index in [1.165, 1.54) is 18.2 Å². The molecule has 0 aromatic heterocycles. The van der Waals surface area contributed by atoms with Crippen molar-refractivity contribution in [3.63, 3.8) is 0 Å². The van der Waals surface area contributed by atoms with Crippen LogP contribution in [0.15, 0.2) is 23.1 Å². The Morgan fingerprint density at radius 3 is 2.48 bits per heavy atom. The largest absolute Gasteiger partial charge is 0.490 e. The molecular weight excluding hydrogens is 296 g/mol. The molecule has 1 aliphatic heterocycles. The Bertz CT molecular complexity index is 662. The van der Waals surface area contributed by atoms with Gasteiger partial charge in [0.05, 0.1) is 18.1 Å². The first kappa shape index (κ1) is 14.2. The zero-order valence-electron chi connectivity index (χ0n) is 11.3. The second-order valence-corrected chi connectivity index (χ2v) is 7.37. The van der Waals surface area contributed by atoms with Crippen LogP contribution in [-0.2, 0) is 14.6 Å². The molecule has 6 nitrogen and oxygen atoms in total. The van der Waals surface area contributed by atoms with Crippen molar-refractivity contribution in [3.8, 4) is 11.5 Å². The van der Waals surface area contributed by atoms with E-state index in [0.717, 1.165) is 6.42 Å². The van der Waals surface area contributed by atoms with Crippen molar-refractivity contribution < 1.29 is 27.8 Å². The highest BCUT2D eigenvalue weighted by Gasteiger charge is 2.46. The van der Waals surface area contributed by atoms with Crippen molar-refractivity contribution in [1.82, 2.24) is 0 Å². The minimum absolute atomic E-state index is 0.0222. The van der Waals surface area contributed by atoms with Crippen LogP contribution >= 0.6 is 0 Å². The molecule has 1 N–H and O–H groups in total. The summed E-state index contributed by atoms with van der Waals surface area (Å²) >= 11 is 0. The van der Waals surface area contributed by atoms with Crippen LogP contribution in [0.4, 0.5) is 0 Å². The Labute approximate surface area is 122 Å². The third-order valence-corrected chi connectivity index (χ3v) is 5.84. The fourth-order valence-corrected chi connectivity index (χ4v) is 4.32. The number of rotatable bonds is 4. The van der Waals surface area contributed by atoms with E-state index in [2.05, 4.69) is 0 Å². The normalized spacial score (nSPS) is 19.6. The second-order valence-electron chi connectivity index (χ2n) is 5.30. The number of hydrogen-bond acceptors (Lipinski definition) is 5. The van der Waals surface area contributed by atoms with E-state index in [1.807, 2.05) is 0 Å². The highest BCUT2D eigenvalue weighted by Crippen LogP contribution is 2.40. The number of carboxylic acids is 1. The Morgan fingerprint density at radius 2 is 1.86 bits per heavy atom. The zero-order chi connectivity index (χ0) is 15.0. The number of sulfone groups is 1. The molecule has 3 rings (SSSR count). The monoisotopic (exact) mass is 312 g/mol. The van der Waals surface area contributed by atoms with Gasteiger partial charge in [-0.25, -0.2) is 8.42 Å².